The van der Waals surface area contributed by atoms with Gasteiger partial charge >= 0.3 is 0 Å². The SMILES string of the molecule is CCNC(=NCC1(OC)CCOCC1)N1CCSC(C(C)C)C1. The highest BCUT2D eigenvalue weighted by atomic mass is 32.2. The molecule has 2 saturated heterocycles. The van der Waals surface area contributed by atoms with Crippen molar-refractivity contribution in [2.24, 2.45) is 10.9 Å². The van der Waals surface area contributed by atoms with E-state index in [4.69, 9.17) is 14.5 Å². The number of thioether (sulfide) groups is 1. The van der Waals surface area contributed by atoms with Gasteiger partial charge in [-0.2, -0.15) is 11.8 Å². The fourth-order valence-corrected chi connectivity index (χ4v) is 4.38. The molecule has 23 heavy (non-hydrogen) atoms. The molecule has 5 nitrogen and oxygen atoms in total. The van der Waals surface area contributed by atoms with E-state index in [1.165, 1.54) is 5.75 Å². The molecule has 1 unspecified atom stereocenters. The molecule has 0 radical (unpaired) electrons. The minimum Gasteiger partial charge on any atom is -0.381 e. The lowest BCUT2D eigenvalue weighted by atomic mass is 9.94. The van der Waals surface area contributed by atoms with E-state index in [2.05, 4.69) is 42.7 Å². The zero-order chi connectivity index (χ0) is 16.7. The van der Waals surface area contributed by atoms with Crippen LogP contribution in [0.4, 0.5) is 0 Å². The molecule has 2 fully saturated rings. The maximum Gasteiger partial charge on any atom is 0.194 e. The number of hydrogen-bond donors (Lipinski definition) is 1. The van der Waals surface area contributed by atoms with Crippen LogP contribution in [0.25, 0.3) is 0 Å². The van der Waals surface area contributed by atoms with Gasteiger partial charge in [-0.1, -0.05) is 13.8 Å². The van der Waals surface area contributed by atoms with Gasteiger partial charge in [0.25, 0.3) is 0 Å². The molecule has 1 N–H and O–H groups in total. The summed E-state index contributed by atoms with van der Waals surface area (Å²) in [6, 6.07) is 0. The molecule has 0 bridgehead atoms. The Labute approximate surface area is 145 Å². The molecule has 6 heteroatoms. The number of nitrogens with one attached hydrogen (secondary N) is 1. The van der Waals surface area contributed by atoms with Crippen LogP contribution in [0.2, 0.25) is 0 Å². The van der Waals surface area contributed by atoms with Gasteiger partial charge in [-0.15, -0.1) is 0 Å². The van der Waals surface area contributed by atoms with Gasteiger partial charge in [0.2, 0.25) is 0 Å². The van der Waals surface area contributed by atoms with Gasteiger partial charge in [-0.05, 0) is 12.8 Å². The van der Waals surface area contributed by atoms with Gasteiger partial charge in [0.05, 0.1) is 12.1 Å². The lowest BCUT2D eigenvalue weighted by molar-refractivity contribution is -0.0829. The molecule has 0 aromatic heterocycles. The van der Waals surface area contributed by atoms with E-state index >= 15 is 0 Å². The molecule has 134 valence electrons. The lowest BCUT2D eigenvalue weighted by Crippen LogP contribution is -2.50. The Kier molecular flexibility index (Phi) is 7.50. The highest BCUT2D eigenvalue weighted by Crippen LogP contribution is 2.26. The second-order valence-electron chi connectivity index (χ2n) is 6.77. The van der Waals surface area contributed by atoms with Crippen LogP contribution in [0.5, 0.6) is 0 Å². The average molecular weight is 344 g/mol. The first-order valence-corrected chi connectivity index (χ1v) is 9.93. The predicted octanol–water partition coefficient (Wildman–Crippen LogP) is 2.22. The van der Waals surface area contributed by atoms with E-state index in [-0.39, 0.29) is 5.60 Å². The number of aliphatic imine (C=N–C) groups is 1. The predicted molar refractivity (Wildman–Crippen MR) is 98.4 cm³/mol. The minimum absolute atomic E-state index is 0.152. The molecule has 0 spiro atoms. The molecular weight excluding hydrogens is 310 g/mol. The van der Waals surface area contributed by atoms with Crippen molar-refractivity contribution in [2.75, 3.05) is 52.3 Å². The Morgan fingerprint density at radius 2 is 2.17 bits per heavy atom. The third-order valence-electron chi connectivity index (χ3n) is 4.83. The highest BCUT2D eigenvalue weighted by molar-refractivity contribution is 8.00. The number of hydrogen-bond acceptors (Lipinski definition) is 4. The molecule has 0 aromatic rings. The largest absolute Gasteiger partial charge is 0.381 e. The summed E-state index contributed by atoms with van der Waals surface area (Å²) in [5.74, 6) is 2.92. The fourth-order valence-electron chi connectivity index (χ4n) is 3.09. The van der Waals surface area contributed by atoms with E-state index in [1.54, 1.807) is 7.11 Å². The zero-order valence-corrected chi connectivity index (χ0v) is 16.0. The third kappa shape index (κ3) is 5.26. The number of rotatable bonds is 5. The maximum absolute atomic E-state index is 5.82. The first kappa shape index (κ1) is 18.9. The summed E-state index contributed by atoms with van der Waals surface area (Å²) in [4.78, 5) is 7.36. The Bertz CT molecular complexity index is 384. The van der Waals surface area contributed by atoms with E-state index in [0.29, 0.717) is 17.7 Å². The van der Waals surface area contributed by atoms with Crippen LogP contribution < -0.4 is 5.32 Å². The average Bonchev–Trinajstić information content (AvgIpc) is 2.59. The van der Waals surface area contributed by atoms with Crippen LogP contribution in [-0.2, 0) is 9.47 Å². The van der Waals surface area contributed by atoms with Crippen molar-refractivity contribution in [1.29, 1.82) is 0 Å². The normalized spacial score (nSPS) is 25.7. The first-order valence-electron chi connectivity index (χ1n) is 8.88. The van der Waals surface area contributed by atoms with Gasteiger partial charge in [0.1, 0.15) is 0 Å². The topological polar surface area (TPSA) is 46.1 Å². The molecule has 1 atom stereocenters. The van der Waals surface area contributed by atoms with E-state index < -0.39 is 0 Å². The van der Waals surface area contributed by atoms with Crippen molar-refractivity contribution >= 4 is 17.7 Å². The summed E-state index contributed by atoms with van der Waals surface area (Å²) in [6.07, 6.45) is 1.85. The molecule has 0 aliphatic carbocycles. The van der Waals surface area contributed by atoms with Crippen LogP contribution in [0.1, 0.15) is 33.6 Å². The van der Waals surface area contributed by atoms with Gasteiger partial charge in [-0.3, -0.25) is 4.99 Å². The molecule has 0 amide bonds. The quantitative estimate of drug-likeness (QED) is 0.613. The molecule has 2 heterocycles. The summed E-state index contributed by atoms with van der Waals surface area (Å²) >= 11 is 2.09. The van der Waals surface area contributed by atoms with Crippen molar-refractivity contribution in [3.8, 4) is 0 Å². The van der Waals surface area contributed by atoms with Crippen molar-refractivity contribution in [2.45, 2.75) is 44.5 Å². The third-order valence-corrected chi connectivity index (χ3v) is 6.37. The van der Waals surface area contributed by atoms with Crippen LogP contribution >= 0.6 is 11.8 Å². The van der Waals surface area contributed by atoms with Crippen molar-refractivity contribution in [3.05, 3.63) is 0 Å². The zero-order valence-electron chi connectivity index (χ0n) is 15.1. The molecule has 2 aliphatic heterocycles. The van der Waals surface area contributed by atoms with Gasteiger partial charge in [-0.25, -0.2) is 0 Å². The Balaban J connectivity index is 2.04. The Morgan fingerprint density at radius 3 is 2.78 bits per heavy atom. The van der Waals surface area contributed by atoms with E-state index in [1.807, 2.05) is 0 Å². The second-order valence-corrected chi connectivity index (χ2v) is 8.12. The van der Waals surface area contributed by atoms with Gasteiger partial charge in [0, 0.05) is 63.8 Å². The van der Waals surface area contributed by atoms with Crippen LogP contribution in [0, 0.1) is 5.92 Å². The molecule has 2 aliphatic rings. The highest BCUT2D eigenvalue weighted by Gasteiger charge is 2.33. The van der Waals surface area contributed by atoms with Crippen molar-refractivity contribution in [1.82, 2.24) is 10.2 Å². The summed E-state index contributed by atoms with van der Waals surface area (Å²) in [7, 11) is 1.81. The van der Waals surface area contributed by atoms with Gasteiger partial charge in [0.15, 0.2) is 5.96 Å². The van der Waals surface area contributed by atoms with E-state index in [9.17, 15) is 0 Å². The number of ether oxygens (including phenoxy) is 2. The van der Waals surface area contributed by atoms with Gasteiger partial charge < -0.3 is 19.7 Å². The smallest absolute Gasteiger partial charge is 0.194 e. The summed E-state index contributed by atoms with van der Waals surface area (Å²) in [6.45, 7) is 12.1. The summed E-state index contributed by atoms with van der Waals surface area (Å²) < 4.78 is 11.3. The Hall–Kier alpha value is -0.460. The standard InChI is InChI=1S/C17H33N3O2S/c1-5-18-16(20-8-11-23-15(12-20)14(2)3)19-13-17(21-4)6-9-22-10-7-17/h14-15H,5-13H2,1-4H3,(H,18,19). The lowest BCUT2D eigenvalue weighted by Gasteiger charge is -2.38. The van der Waals surface area contributed by atoms with E-state index in [0.717, 1.165) is 51.6 Å². The summed E-state index contributed by atoms with van der Waals surface area (Å²) in [5, 5.41) is 4.16. The molecule has 0 aromatic carbocycles. The monoisotopic (exact) mass is 343 g/mol. The number of guanidine groups is 1. The second kappa shape index (κ2) is 9.14. The summed E-state index contributed by atoms with van der Waals surface area (Å²) in [5.41, 5.74) is -0.152. The number of nitrogens with zero attached hydrogens (tertiary/aromatic N) is 2. The van der Waals surface area contributed by atoms with Crippen LogP contribution in [0.3, 0.4) is 0 Å². The Morgan fingerprint density at radius 1 is 1.43 bits per heavy atom. The number of methoxy groups -OCH3 is 1. The molecule has 2 rings (SSSR count). The fraction of sp³-hybridized carbons (Fsp3) is 0.941. The first-order chi connectivity index (χ1) is 11.1. The maximum atomic E-state index is 5.82. The van der Waals surface area contributed by atoms with Crippen LogP contribution in [0.15, 0.2) is 4.99 Å². The molecule has 0 saturated carbocycles. The van der Waals surface area contributed by atoms with Crippen molar-refractivity contribution in [3.63, 3.8) is 0 Å². The molecular formula is C17H33N3O2S. The van der Waals surface area contributed by atoms with Crippen molar-refractivity contribution < 1.29 is 9.47 Å². The minimum atomic E-state index is -0.152. The van der Waals surface area contributed by atoms with Crippen LogP contribution in [-0.4, -0.2) is 74.0 Å².